The molecule has 1 N–H and O–H groups in total. The summed E-state index contributed by atoms with van der Waals surface area (Å²) in [5, 5.41) is 3.29. The molecular formula is C13H21Cl2N3OS. The first kappa shape index (κ1) is 19.5. The maximum atomic E-state index is 12.1. The summed E-state index contributed by atoms with van der Waals surface area (Å²) in [6.45, 7) is 4.72. The summed E-state index contributed by atoms with van der Waals surface area (Å²) < 4.78 is 0. The highest BCUT2D eigenvalue weighted by Crippen LogP contribution is 2.12. The fourth-order valence-electron chi connectivity index (χ4n) is 2.02. The second-order valence-corrected chi connectivity index (χ2v) is 5.44. The largest absolute Gasteiger partial charge is 0.337 e. The van der Waals surface area contributed by atoms with E-state index < -0.39 is 0 Å². The molecule has 0 radical (unpaired) electrons. The van der Waals surface area contributed by atoms with E-state index in [2.05, 4.69) is 17.2 Å². The molecule has 0 bridgehead atoms. The van der Waals surface area contributed by atoms with Gasteiger partial charge in [-0.05, 0) is 19.1 Å². The summed E-state index contributed by atoms with van der Waals surface area (Å²) in [5.74, 6) is 1.58. The summed E-state index contributed by atoms with van der Waals surface area (Å²) in [5.41, 5.74) is 1.03. The SMILES string of the molecule is CC1CNCCN1C(=O)CSCc1ccccn1.Cl.Cl. The highest BCUT2D eigenvalue weighted by atomic mass is 35.5. The lowest BCUT2D eigenvalue weighted by Gasteiger charge is -2.33. The molecule has 0 aromatic carbocycles. The van der Waals surface area contributed by atoms with Crippen LogP contribution in [0.4, 0.5) is 0 Å². The van der Waals surface area contributed by atoms with Gasteiger partial charge in [0.25, 0.3) is 0 Å². The number of hydrogen-bond donors (Lipinski definition) is 1. The van der Waals surface area contributed by atoms with Gasteiger partial charge in [0, 0.05) is 37.6 Å². The summed E-state index contributed by atoms with van der Waals surface area (Å²) in [7, 11) is 0. The van der Waals surface area contributed by atoms with Gasteiger partial charge in [-0.2, -0.15) is 0 Å². The Kier molecular flexibility index (Phi) is 10.0. The van der Waals surface area contributed by atoms with Gasteiger partial charge in [0.1, 0.15) is 0 Å². The average Bonchev–Trinajstić information content (AvgIpc) is 2.40. The maximum Gasteiger partial charge on any atom is 0.232 e. The second kappa shape index (κ2) is 10.3. The van der Waals surface area contributed by atoms with Crippen LogP contribution in [0.2, 0.25) is 0 Å². The Hall–Kier alpha value is -0.490. The van der Waals surface area contributed by atoms with Crippen LogP contribution in [0, 0.1) is 0 Å². The van der Waals surface area contributed by atoms with E-state index in [1.54, 1.807) is 18.0 Å². The summed E-state index contributed by atoms with van der Waals surface area (Å²) in [4.78, 5) is 18.3. The smallest absolute Gasteiger partial charge is 0.232 e. The molecule has 114 valence electrons. The fraction of sp³-hybridized carbons (Fsp3) is 0.538. The first-order valence-electron chi connectivity index (χ1n) is 6.25. The zero-order chi connectivity index (χ0) is 12.8. The molecule has 1 saturated heterocycles. The second-order valence-electron chi connectivity index (χ2n) is 4.45. The Bertz CT molecular complexity index is 394. The molecule has 1 fully saturated rings. The van der Waals surface area contributed by atoms with Crippen molar-refractivity contribution in [2.45, 2.75) is 18.7 Å². The molecule has 1 unspecified atom stereocenters. The van der Waals surface area contributed by atoms with E-state index in [9.17, 15) is 4.79 Å². The minimum atomic E-state index is 0. The molecule has 1 aromatic rings. The van der Waals surface area contributed by atoms with Gasteiger partial charge in [0.05, 0.1) is 11.4 Å². The van der Waals surface area contributed by atoms with E-state index in [0.717, 1.165) is 31.1 Å². The van der Waals surface area contributed by atoms with Gasteiger partial charge in [0.2, 0.25) is 5.91 Å². The number of nitrogens with zero attached hydrogens (tertiary/aromatic N) is 2. The molecule has 1 aliphatic rings. The molecule has 0 spiro atoms. The number of pyridine rings is 1. The van der Waals surface area contributed by atoms with Crippen molar-refractivity contribution < 1.29 is 4.79 Å². The highest BCUT2D eigenvalue weighted by Gasteiger charge is 2.22. The van der Waals surface area contributed by atoms with Crippen LogP contribution in [0.3, 0.4) is 0 Å². The number of hydrogen-bond acceptors (Lipinski definition) is 4. The van der Waals surface area contributed by atoms with Gasteiger partial charge in [-0.15, -0.1) is 36.6 Å². The Morgan fingerprint density at radius 1 is 1.50 bits per heavy atom. The van der Waals surface area contributed by atoms with Crippen LogP contribution in [-0.2, 0) is 10.5 Å². The number of aromatic nitrogens is 1. The van der Waals surface area contributed by atoms with E-state index >= 15 is 0 Å². The molecule has 1 atom stereocenters. The monoisotopic (exact) mass is 337 g/mol. The minimum absolute atomic E-state index is 0. The Morgan fingerprint density at radius 3 is 2.95 bits per heavy atom. The van der Waals surface area contributed by atoms with Crippen molar-refractivity contribution in [2.75, 3.05) is 25.4 Å². The average molecular weight is 338 g/mol. The van der Waals surface area contributed by atoms with Gasteiger partial charge in [-0.3, -0.25) is 9.78 Å². The van der Waals surface area contributed by atoms with Crippen LogP contribution in [-0.4, -0.2) is 47.2 Å². The van der Waals surface area contributed by atoms with E-state index in [-0.39, 0.29) is 30.7 Å². The van der Waals surface area contributed by atoms with Crippen LogP contribution in [0.1, 0.15) is 12.6 Å². The third kappa shape index (κ3) is 5.87. The third-order valence-electron chi connectivity index (χ3n) is 3.02. The molecule has 20 heavy (non-hydrogen) atoms. The molecule has 0 saturated carbocycles. The minimum Gasteiger partial charge on any atom is -0.337 e. The Labute approximate surface area is 136 Å². The normalized spacial score (nSPS) is 17.9. The fourth-order valence-corrected chi connectivity index (χ4v) is 2.84. The Morgan fingerprint density at radius 2 is 2.30 bits per heavy atom. The lowest BCUT2D eigenvalue weighted by Crippen LogP contribution is -2.52. The number of nitrogens with one attached hydrogen (secondary N) is 1. The van der Waals surface area contributed by atoms with Crippen molar-refractivity contribution in [2.24, 2.45) is 0 Å². The summed E-state index contributed by atoms with van der Waals surface area (Å²) in [6, 6.07) is 6.18. The van der Waals surface area contributed by atoms with Gasteiger partial charge in [-0.25, -0.2) is 0 Å². The molecule has 2 rings (SSSR count). The zero-order valence-corrected chi connectivity index (χ0v) is 13.9. The number of halogens is 2. The summed E-state index contributed by atoms with van der Waals surface area (Å²) in [6.07, 6.45) is 1.79. The van der Waals surface area contributed by atoms with Crippen LogP contribution in [0.5, 0.6) is 0 Å². The first-order valence-corrected chi connectivity index (χ1v) is 7.40. The van der Waals surface area contributed by atoms with E-state index in [1.165, 1.54) is 0 Å². The van der Waals surface area contributed by atoms with Gasteiger partial charge >= 0.3 is 0 Å². The van der Waals surface area contributed by atoms with Crippen LogP contribution < -0.4 is 5.32 Å². The number of thioether (sulfide) groups is 1. The predicted octanol–water partition coefficient (Wildman–Crippen LogP) is 1.98. The summed E-state index contributed by atoms with van der Waals surface area (Å²) >= 11 is 1.64. The van der Waals surface area contributed by atoms with Gasteiger partial charge < -0.3 is 10.2 Å². The van der Waals surface area contributed by atoms with Crippen molar-refractivity contribution in [1.29, 1.82) is 0 Å². The van der Waals surface area contributed by atoms with E-state index in [0.29, 0.717) is 11.8 Å². The quantitative estimate of drug-likeness (QED) is 0.912. The number of piperazine rings is 1. The molecule has 1 aromatic heterocycles. The predicted molar refractivity (Wildman–Crippen MR) is 88.9 cm³/mol. The molecule has 0 aliphatic carbocycles. The van der Waals surface area contributed by atoms with Crippen molar-refractivity contribution >= 4 is 42.5 Å². The van der Waals surface area contributed by atoms with Crippen molar-refractivity contribution in [1.82, 2.24) is 15.2 Å². The zero-order valence-electron chi connectivity index (χ0n) is 11.4. The highest BCUT2D eigenvalue weighted by molar-refractivity contribution is 7.99. The van der Waals surface area contributed by atoms with Crippen LogP contribution >= 0.6 is 36.6 Å². The Balaban J connectivity index is 0.00000180. The molecule has 7 heteroatoms. The van der Waals surface area contributed by atoms with Crippen LogP contribution in [0.25, 0.3) is 0 Å². The third-order valence-corrected chi connectivity index (χ3v) is 3.97. The molecule has 2 heterocycles. The van der Waals surface area contributed by atoms with Gasteiger partial charge in [-0.1, -0.05) is 6.07 Å². The first-order chi connectivity index (χ1) is 8.77. The lowest BCUT2D eigenvalue weighted by atomic mass is 10.2. The van der Waals surface area contributed by atoms with Crippen molar-refractivity contribution in [3.05, 3.63) is 30.1 Å². The van der Waals surface area contributed by atoms with E-state index in [4.69, 9.17) is 0 Å². The molecule has 4 nitrogen and oxygen atoms in total. The van der Waals surface area contributed by atoms with Gasteiger partial charge in [0.15, 0.2) is 0 Å². The number of carbonyl (C=O) groups excluding carboxylic acids is 1. The lowest BCUT2D eigenvalue weighted by molar-refractivity contribution is -0.131. The number of carbonyl (C=O) groups is 1. The number of rotatable bonds is 4. The molecule has 1 amide bonds. The van der Waals surface area contributed by atoms with E-state index in [1.807, 2.05) is 23.1 Å². The van der Waals surface area contributed by atoms with Crippen molar-refractivity contribution in [3.8, 4) is 0 Å². The topological polar surface area (TPSA) is 45.2 Å². The standard InChI is InChI=1S/C13H19N3OS.2ClH/c1-11-8-14-6-7-16(11)13(17)10-18-9-12-4-2-3-5-15-12;;/h2-5,11,14H,6-10H2,1H3;2*1H. The van der Waals surface area contributed by atoms with Crippen molar-refractivity contribution in [3.63, 3.8) is 0 Å². The molecule has 1 aliphatic heterocycles. The number of amides is 1. The molecular weight excluding hydrogens is 317 g/mol. The van der Waals surface area contributed by atoms with Crippen LogP contribution in [0.15, 0.2) is 24.4 Å². The maximum absolute atomic E-state index is 12.1.